The summed E-state index contributed by atoms with van der Waals surface area (Å²) >= 11 is 0. The van der Waals surface area contributed by atoms with Gasteiger partial charge in [0.15, 0.2) is 0 Å². The zero-order valence-electron chi connectivity index (χ0n) is 6.69. The van der Waals surface area contributed by atoms with Gasteiger partial charge in [-0.05, 0) is 12.1 Å². The highest BCUT2D eigenvalue weighted by Gasteiger charge is 1.99. The first-order valence-electron chi connectivity index (χ1n) is 3.44. The number of hydrogen-bond acceptors (Lipinski definition) is 3. The van der Waals surface area contributed by atoms with Gasteiger partial charge in [0.2, 0.25) is 12.1 Å². The zero-order chi connectivity index (χ0) is 8.81. The molecule has 0 aliphatic rings. The second kappa shape index (κ2) is 4.14. The van der Waals surface area contributed by atoms with Gasteiger partial charge in [-0.15, -0.1) is 4.99 Å². The average Bonchev–Trinajstić information content (AvgIpc) is 2.15. The standard InChI is InChI=1S/C9H8N2O/c1-12-9(11-7-10)8-5-3-2-4-6-8/h2-6H,1H3. The van der Waals surface area contributed by atoms with Gasteiger partial charge in [-0.3, -0.25) is 0 Å². The third-order valence-electron chi connectivity index (χ3n) is 1.37. The lowest BCUT2D eigenvalue weighted by Gasteiger charge is -2.00. The quantitative estimate of drug-likeness (QED) is 0.355. The number of aliphatic imine (C=N–C) groups is 1. The van der Waals surface area contributed by atoms with Crippen LogP contribution in [0.15, 0.2) is 35.3 Å². The Hall–Kier alpha value is -1.82. The molecule has 0 unspecified atom stereocenters. The predicted octanol–water partition coefficient (Wildman–Crippen LogP) is 1.56. The summed E-state index contributed by atoms with van der Waals surface area (Å²) < 4.78 is 4.90. The molecule has 0 aliphatic carbocycles. The van der Waals surface area contributed by atoms with Crippen LogP contribution in [0.25, 0.3) is 0 Å². The van der Waals surface area contributed by atoms with Crippen LogP contribution in [0.3, 0.4) is 0 Å². The number of nitrogens with zero attached hydrogens (tertiary/aromatic N) is 2. The maximum Gasteiger partial charge on any atom is 0.231 e. The van der Waals surface area contributed by atoms with Crippen LogP contribution in [0.2, 0.25) is 0 Å². The average molecular weight is 160 g/mol. The molecule has 0 amide bonds. The van der Waals surface area contributed by atoms with Crippen molar-refractivity contribution in [3.63, 3.8) is 0 Å². The summed E-state index contributed by atoms with van der Waals surface area (Å²) in [5.41, 5.74) is 0.807. The molecule has 0 spiro atoms. The summed E-state index contributed by atoms with van der Waals surface area (Å²) in [6.07, 6.45) is 1.68. The molecule has 1 aromatic rings. The molecule has 12 heavy (non-hydrogen) atoms. The van der Waals surface area contributed by atoms with Crippen molar-refractivity contribution in [3.05, 3.63) is 35.9 Å². The highest BCUT2D eigenvalue weighted by molar-refractivity contribution is 5.94. The fourth-order valence-corrected chi connectivity index (χ4v) is 0.854. The van der Waals surface area contributed by atoms with Gasteiger partial charge in [0, 0.05) is 5.56 Å². The third-order valence-corrected chi connectivity index (χ3v) is 1.37. The Bertz CT molecular complexity index is 311. The summed E-state index contributed by atoms with van der Waals surface area (Å²) in [6.45, 7) is 0. The Labute approximate surface area is 70.9 Å². The lowest BCUT2D eigenvalue weighted by Crippen LogP contribution is -2.01. The van der Waals surface area contributed by atoms with Gasteiger partial charge in [-0.2, -0.15) is 5.26 Å². The lowest BCUT2D eigenvalue weighted by atomic mass is 10.2. The van der Waals surface area contributed by atoms with Crippen molar-refractivity contribution >= 4 is 5.90 Å². The Kier molecular flexibility index (Phi) is 2.86. The first-order valence-corrected chi connectivity index (χ1v) is 3.44. The largest absolute Gasteiger partial charge is 0.480 e. The second-order valence-electron chi connectivity index (χ2n) is 2.09. The third kappa shape index (κ3) is 1.83. The fourth-order valence-electron chi connectivity index (χ4n) is 0.854. The molecule has 0 saturated heterocycles. The van der Waals surface area contributed by atoms with E-state index in [1.807, 2.05) is 30.3 Å². The summed E-state index contributed by atoms with van der Waals surface area (Å²) in [6, 6.07) is 9.28. The number of methoxy groups -OCH3 is 1. The zero-order valence-corrected chi connectivity index (χ0v) is 6.69. The van der Waals surface area contributed by atoms with Crippen LogP contribution in [0.4, 0.5) is 0 Å². The second-order valence-corrected chi connectivity index (χ2v) is 2.09. The maximum absolute atomic E-state index is 8.31. The molecule has 0 atom stereocenters. The summed E-state index contributed by atoms with van der Waals surface area (Å²) in [5, 5.41) is 8.31. The van der Waals surface area contributed by atoms with Crippen molar-refractivity contribution < 1.29 is 4.74 Å². The van der Waals surface area contributed by atoms with Gasteiger partial charge in [-0.1, -0.05) is 18.2 Å². The SMILES string of the molecule is COC(=NC#N)c1ccccc1. The Morgan fingerprint density at radius 2 is 2.08 bits per heavy atom. The minimum atomic E-state index is 0.345. The number of nitriles is 1. The van der Waals surface area contributed by atoms with Crippen LogP contribution in [-0.4, -0.2) is 13.0 Å². The molecule has 0 radical (unpaired) electrons. The fraction of sp³-hybridized carbons (Fsp3) is 0.111. The minimum Gasteiger partial charge on any atom is -0.480 e. The summed E-state index contributed by atoms with van der Waals surface area (Å²) in [7, 11) is 1.49. The normalized spacial score (nSPS) is 10.5. The first-order chi connectivity index (χ1) is 5.88. The van der Waals surface area contributed by atoms with Crippen LogP contribution >= 0.6 is 0 Å². The molecule has 1 rings (SSSR count). The van der Waals surface area contributed by atoms with Crippen LogP contribution in [0.1, 0.15) is 5.56 Å². The molecule has 0 N–H and O–H groups in total. The van der Waals surface area contributed by atoms with Gasteiger partial charge < -0.3 is 4.74 Å². The monoisotopic (exact) mass is 160 g/mol. The molecule has 0 fully saturated rings. The predicted molar refractivity (Wildman–Crippen MR) is 45.6 cm³/mol. The molecular weight excluding hydrogens is 152 g/mol. The first kappa shape index (κ1) is 8.28. The number of hydrogen-bond donors (Lipinski definition) is 0. The van der Waals surface area contributed by atoms with Crippen LogP contribution in [-0.2, 0) is 4.74 Å². The van der Waals surface area contributed by atoms with Crippen LogP contribution in [0, 0.1) is 11.5 Å². The highest BCUT2D eigenvalue weighted by atomic mass is 16.5. The van der Waals surface area contributed by atoms with Crippen molar-refractivity contribution in [2.24, 2.45) is 4.99 Å². The van der Waals surface area contributed by atoms with E-state index >= 15 is 0 Å². The van der Waals surface area contributed by atoms with Crippen molar-refractivity contribution in [1.82, 2.24) is 0 Å². The number of rotatable bonds is 1. The van der Waals surface area contributed by atoms with Gasteiger partial charge in [0.25, 0.3) is 0 Å². The van der Waals surface area contributed by atoms with Gasteiger partial charge in [-0.25, -0.2) is 0 Å². The van der Waals surface area contributed by atoms with Crippen LogP contribution < -0.4 is 0 Å². The molecule has 60 valence electrons. The van der Waals surface area contributed by atoms with Crippen LogP contribution in [0.5, 0.6) is 0 Å². The number of ether oxygens (including phenoxy) is 1. The minimum absolute atomic E-state index is 0.345. The Balaban J connectivity index is 2.98. The number of benzene rings is 1. The summed E-state index contributed by atoms with van der Waals surface area (Å²) in [4.78, 5) is 3.51. The molecule has 0 saturated carbocycles. The molecule has 0 bridgehead atoms. The molecule has 3 nitrogen and oxygen atoms in total. The van der Waals surface area contributed by atoms with E-state index < -0.39 is 0 Å². The lowest BCUT2D eigenvalue weighted by molar-refractivity contribution is 0.405. The van der Waals surface area contributed by atoms with Crippen molar-refractivity contribution in [2.75, 3.05) is 7.11 Å². The van der Waals surface area contributed by atoms with Crippen molar-refractivity contribution in [1.29, 1.82) is 5.26 Å². The van der Waals surface area contributed by atoms with Gasteiger partial charge in [0.05, 0.1) is 7.11 Å². The molecule has 3 heteroatoms. The van der Waals surface area contributed by atoms with E-state index in [2.05, 4.69) is 4.99 Å². The summed E-state index contributed by atoms with van der Waals surface area (Å²) in [5.74, 6) is 0.345. The molecule has 0 aromatic heterocycles. The van der Waals surface area contributed by atoms with Crippen molar-refractivity contribution in [2.45, 2.75) is 0 Å². The Morgan fingerprint density at radius 3 is 2.58 bits per heavy atom. The van der Waals surface area contributed by atoms with Gasteiger partial charge in [0.1, 0.15) is 0 Å². The van der Waals surface area contributed by atoms with E-state index in [0.29, 0.717) is 5.90 Å². The van der Waals surface area contributed by atoms with E-state index in [4.69, 9.17) is 10.00 Å². The van der Waals surface area contributed by atoms with Crippen molar-refractivity contribution in [3.8, 4) is 6.19 Å². The maximum atomic E-state index is 8.31. The smallest absolute Gasteiger partial charge is 0.231 e. The molecule has 0 heterocycles. The molecular formula is C9H8N2O. The van der Waals surface area contributed by atoms with Gasteiger partial charge >= 0.3 is 0 Å². The topological polar surface area (TPSA) is 45.4 Å². The molecule has 0 aliphatic heterocycles. The van der Waals surface area contributed by atoms with E-state index in [1.54, 1.807) is 6.19 Å². The molecule has 1 aromatic carbocycles. The van der Waals surface area contributed by atoms with E-state index in [1.165, 1.54) is 7.11 Å². The highest BCUT2D eigenvalue weighted by Crippen LogP contribution is 2.01. The van der Waals surface area contributed by atoms with E-state index in [9.17, 15) is 0 Å². The van der Waals surface area contributed by atoms with E-state index in [0.717, 1.165) is 5.56 Å². The van der Waals surface area contributed by atoms with E-state index in [-0.39, 0.29) is 0 Å². The Morgan fingerprint density at radius 1 is 1.42 bits per heavy atom.